The molecule has 0 aromatic heterocycles. The summed E-state index contributed by atoms with van der Waals surface area (Å²) in [6.07, 6.45) is 1.37. The molecule has 0 aliphatic carbocycles. The quantitative estimate of drug-likeness (QED) is 0.630. The Morgan fingerprint density at radius 2 is 1.91 bits per heavy atom. The summed E-state index contributed by atoms with van der Waals surface area (Å²) in [5.41, 5.74) is 1.95. The van der Waals surface area contributed by atoms with Crippen LogP contribution in [-0.2, 0) is 14.3 Å². The summed E-state index contributed by atoms with van der Waals surface area (Å²) in [4.78, 5) is 36.9. The Labute approximate surface area is 133 Å². The number of carbonyl (C=O) groups excluding carboxylic acids is 3. The summed E-state index contributed by atoms with van der Waals surface area (Å²) in [5.74, 6) is -1.05. The topological polar surface area (TPSA) is 63.7 Å². The zero-order valence-electron chi connectivity index (χ0n) is 12.7. The summed E-state index contributed by atoms with van der Waals surface area (Å²) in [7, 11) is 0. The minimum absolute atomic E-state index is 0.282. The fraction of sp³-hybridized carbons (Fsp3) is 0.312. The first-order chi connectivity index (χ1) is 10.4. The van der Waals surface area contributed by atoms with Crippen molar-refractivity contribution in [1.82, 2.24) is 4.90 Å². The van der Waals surface area contributed by atoms with Crippen LogP contribution in [0.3, 0.4) is 0 Å². The number of amides is 2. The predicted octanol–water partition coefficient (Wildman–Crippen LogP) is 2.98. The van der Waals surface area contributed by atoms with Gasteiger partial charge in [-0.2, -0.15) is 0 Å². The highest BCUT2D eigenvalue weighted by Crippen LogP contribution is 2.32. The van der Waals surface area contributed by atoms with E-state index in [-0.39, 0.29) is 12.6 Å². The van der Waals surface area contributed by atoms with Gasteiger partial charge in [0.15, 0.2) is 0 Å². The van der Waals surface area contributed by atoms with Gasteiger partial charge in [0.05, 0.1) is 11.0 Å². The van der Waals surface area contributed by atoms with Crippen LogP contribution < -0.4 is 0 Å². The number of rotatable bonds is 4. The molecule has 5 nitrogen and oxygen atoms in total. The lowest BCUT2D eigenvalue weighted by Crippen LogP contribution is -2.35. The van der Waals surface area contributed by atoms with Crippen LogP contribution in [0.2, 0.25) is 0 Å². The molecule has 0 radical (unpaired) electrons. The summed E-state index contributed by atoms with van der Waals surface area (Å²) in [6, 6.07) is 7.60. The third-order valence-electron chi connectivity index (χ3n) is 2.90. The van der Waals surface area contributed by atoms with Crippen LogP contribution in [0.4, 0.5) is 4.79 Å². The molecule has 0 saturated carbocycles. The summed E-state index contributed by atoms with van der Waals surface area (Å²) in [6.45, 7) is 5.04. The third-order valence-corrected chi connectivity index (χ3v) is 3.81. The van der Waals surface area contributed by atoms with Crippen LogP contribution in [0, 0.1) is 6.92 Å². The van der Waals surface area contributed by atoms with Crippen LogP contribution in [0.1, 0.15) is 25.0 Å². The third kappa shape index (κ3) is 3.98. The van der Waals surface area contributed by atoms with E-state index in [1.165, 1.54) is 0 Å². The Kier molecular flexibility index (Phi) is 5.03. The molecule has 2 rings (SSSR count). The van der Waals surface area contributed by atoms with E-state index < -0.39 is 17.1 Å². The highest BCUT2D eigenvalue weighted by atomic mass is 32.2. The van der Waals surface area contributed by atoms with Gasteiger partial charge >= 0.3 is 5.97 Å². The fourth-order valence-corrected chi connectivity index (χ4v) is 2.72. The molecule has 1 aliphatic heterocycles. The molecule has 116 valence electrons. The van der Waals surface area contributed by atoms with Crippen molar-refractivity contribution in [3.63, 3.8) is 0 Å². The first-order valence-corrected chi connectivity index (χ1v) is 7.70. The van der Waals surface area contributed by atoms with Gasteiger partial charge in [0.2, 0.25) is 0 Å². The lowest BCUT2D eigenvalue weighted by molar-refractivity contribution is -0.149. The maximum Gasteiger partial charge on any atom is 0.326 e. The summed E-state index contributed by atoms with van der Waals surface area (Å²) < 4.78 is 4.96. The van der Waals surface area contributed by atoms with Crippen LogP contribution in [0.5, 0.6) is 0 Å². The number of hydrogen-bond acceptors (Lipinski definition) is 5. The average molecular weight is 319 g/mol. The van der Waals surface area contributed by atoms with E-state index in [4.69, 9.17) is 4.74 Å². The fourth-order valence-electron chi connectivity index (χ4n) is 1.88. The van der Waals surface area contributed by atoms with E-state index in [0.717, 1.165) is 27.8 Å². The molecule has 0 bridgehead atoms. The molecular formula is C16H17NO4S. The second-order valence-corrected chi connectivity index (χ2v) is 6.21. The molecule has 0 spiro atoms. The number of imide groups is 1. The Bertz CT molecular complexity index is 634. The van der Waals surface area contributed by atoms with E-state index in [2.05, 4.69) is 0 Å². The van der Waals surface area contributed by atoms with Gasteiger partial charge in [0, 0.05) is 0 Å². The van der Waals surface area contributed by atoms with Crippen LogP contribution in [0.25, 0.3) is 6.08 Å². The smallest absolute Gasteiger partial charge is 0.326 e. The zero-order valence-corrected chi connectivity index (χ0v) is 13.5. The first-order valence-electron chi connectivity index (χ1n) is 6.88. The van der Waals surface area contributed by atoms with E-state index in [0.29, 0.717) is 4.91 Å². The monoisotopic (exact) mass is 319 g/mol. The molecular weight excluding hydrogens is 302 g/mol. The summed E-state index contributed by atoms with van der Waals surface area (Å²) >= 11 is 0.832. The molecule has 2 amide bonds. The lowest BCUT2D eigenvalue weighted by atomic mass is 10.1. The van der Waals surface area contributed by atoms with Crippen LogP contribution in [0.15, 0.2) is 29.2 Å². The number of benzene rings is 1. The van der Waals surface area contributed by atoms with E-state index in [9.17, 15) is 14.4 Å². The van der Waals surface area contributed by atoms with Gasteiger partial charge in [0.25, 0.3) is 11.1 Å². The molecule has 1 fully saturated rings. The number of thioether (sulfide) groups is 1. The molecule has 22 heavy (non-hydrogen) atoms. The van der Waals surface area contributed by atoms with Crippen molar-refractivity contribution in [3.8, 4) is 0 Å². The summed E-state index contributed by atoms with van der Waals surface area (Å²) in [5, 5.41) is -0.455. The molecule has 1 aromatic rings. The minimum Gasteiger partial charge on any atom is -0.462 e. The van der Waals surface area contributed by atoms with Crippen molar-refractivity contribution in [1.29, 1.82) is 0 Å². The Balaban J connectivity index is 2.11. The maximum absolute atomic E-state index is 12.2. The van der Waals surface area contributed by atoms with Crippen molar-refractivity contribution in [2.75, 3.05) is 6.54 Å². The van der Waals surface area contributed by atoms with Crippen LogP contribution >= 0.6 is 11.8 Å². The van der Waals surface area contributed by atoms with Crippen molar-refractivity contribution in [2.45, 2.75) is 26.9 Å². The largest absolute Gasteiger partial charge is 0.462 e. The number of hydrogen-bond donors (Lipinski definition) is 0. The maximum atomic E-state index is 12.2. The first kappa shape index (κ1) is 16.3. The molecule has 1 aromatic carbocycles. The molecule has 0 N–H and O–H groups in total. The van der Waals surface area contributed by atoms with Gasteiger partial charge in [-0.3, -0.25) is 19.3 Å². The molecule has 0 unspecified atom stereocenters. The van der Waals surface area contributed by atoms with Gasteiger partial charge in [0.1, 0.15) is 6.54 Å². The standard InChI is InChI=1S/C16H17NO4S/c1-10(2)21-14(18)9-17-15(19)13(22-16(17)20)8-12-6-4-11(3)5-7-12/h4-8,10H,9H2,1-3H3/b13-8-. The molecule has 1 saturated heterocycles. The second kappa shape index (κ2) is 6.79. The molecule has 0 atom stereocenters. The molecule has 1 aliphatic rings. The van der Waals surface area contributed by atoms with E-state index in [1.54, 1.807) is 19.9 Å². The SMILES string of the molecule is Cc1ccc(/C=C2\SC(=O)N(CC(=O)OC(C)C)C2=O)cc1. The van der Waals surface area contributed by atoms with Gasteiger partial charge in [-0.25, -0.2) is 0 Å². The number of ether oxygens (including phenoxy) is 1. The number of nitrogens with zero attached hydrogens (tertiary/aromatic N) is 1. The Hall–Kier alpha value is -2.08. The highest BCUT2D eigenvalue weighted by Gasteiger charge is 2.36. The van der Waals surface area contributed by atoms with E-state index in [1.807, 2.05) is 31.2 Å². The lowest BCUT2D eigenvalue weighted by Gasteiger charge is -2.13. The van der Waals surface area contributed by atoms with Crippen molar-refractivity contribution >= 4 is 35.0 Å². The average Bonchev–Trinajstić information content (AvgIpc) is 2.68. The van der Waals surface area contributed by atoms with E-state index >= 15 is 0 Å². The Morgan fingerprint density at radius 3 is 2.50 bits per heavy atom. The highest BCUT2D eigenvalue weighted by molar-refractivity contribution is 8.18. The minimum atomic E-state index is -0.589. The number of carbonyl (C=O) groups is 3. The second-order valence-electron chi connectivity index (χ2n) is 5.22. The number of aryl methyl sites for hydroxylation is 1. The van der Waals surface area contributed by atoms with Crippen molar-refractivity contribution in [3.05, 3.63) is 40.3 Å². The zero-order chi connectivity index (χ0) is 16.3. The van der Waals surface area contributed by atoms with Gasteiger partial charge in [-0.1, -0.05) is 29.8 Å². The normalized spacial score (nSPS) is 16.7. The van der Waals surface area contributed by atoms with Gasteiger partial charge < -0.3 is 4.74 Å². The number of esters is 1. The van der Waals surface area contributed by atoms with Crippen molar-refractivity contribution < 1.29 is 19.1 Å². The molecule has 6 heteroatoms. The van der Waals surface area contributed by atoms with Crippen LogP contribution in [-0.4, -0.2) is 34.7 Å². The molecule has 1 heterocycles. The van der Waals surface area contributed by atoms with Gasteiger partial charge in [-0.15, -0.1) is 0 Å². The van der Waals surface area contributed by atoms with Crippen molar-refractivity contribution in [2.24, 2.45) is 0 Å². The van der Waals surface area contributed by atoms with Gasteiger partial charge in [-0.05, 0) is 44.2 Å². The Morgan fingerprint density at radius 1 is 1.27 bits per heavy atom. The predicted molar refractivity (Wildman–Crippen MR) is 85.1 cm³/mol.